The maximum Gasteiger partial charge on any atom is 0.434 e. The van der Waals surface area contributed by atoms with Crippen LogP contribution >= 0.6 is 0 Å². The predicted molar refractivity (Wildman–Crippen MR) is 195 cm³/mol. The summed E-state index contributed by atoms with van der Waals surface area (Å²) in [6.07, 6.45) is 4.98. The average Bonchev–Trinajstić information content (AvgIpc) is 3.70. The molecule has 0 radical (unpaired) electrons. The van der Waals surface area contributed by atoms with Crippen molar-refractivity contribution < 1.29 is 27.1 Å². The molecule has 0 atom stereocenters. The molecule has 1 aromatic carbocycles. The first-order chi connectivity index (χ1) is 24.6. The lowest BCUT2D eigenvalue weighted by Crippen LogP contribution is -2.41. The van der Waals surface area contributed by atoms with E-state index in [0.29, 0.717) is 66.3 Å². The van der Waals surface area contributed by atoms with E-state index >= 15 is 0 Å². The van der Waals surface area contributed by atoms with Crippen LogP contribution in [0.3, 0.4) is 0 Å². The minimum Gasteiger partial charge on any atom is -0.493 e. The van der Waals surface area contributed by atoms with Gasteiger partial charge in [-0.3, -0.25) is 0 Å². The molecule has 11 nitrogen and oxygen atoms in total. The number of benzene rings is 1. The quantitative estimate of drug-likeness (QED) is 0.0815. The number of fused-ring (bicyclic) bond motifs is 1. The lowest BCUT2D eigenvalue weighted by atomic mass is 10.1. The highest BCUT2D eigenvalue weighted by Crippen LogP contribution is 2.45. The Morgan fingerprint density at radius 1 is 0.981 bits per heavy atom. The third kappa shape index (κ3) is 7.99. The molecular formula is C37H47F3N8O3Si. The number of halogens is 3. The fourth-order valence-corrected chi connectivity index (χ4v) is 6.80. The molecule has 4 aromatic heterocycles. The molecule has 1 aliphatic rings. The average molecular weight is 737 g/mol. The first kappa shape index (κ1) is 37.4. The second kappa shape index (κ2) is 14.6. The molecule has 52 heavy (non-hydrogen) atoms. The van der Waals surface area contributed by atoms with Gasteiger partial charge in [-0.1, -0.05) is 26.8 Å². The Bertz CT molecular complexity index is 2030. The standard InChI is InChI=1S/C37H47F3N8O3Si/c1-23(2)47-21-29(37(38,39)40)45-34(47)27-14-11-24(17-28(27)50-15-9-10-16-51-52(7,8)36(3,4)5)20-48-33-26(19-44-48)18-41-32(46-33)30-31(25-12-13-25)42-22-43-35(30)49-6/h11,14,17-19,21-23,25H,9-10,12-13,15-16,20H2,1-8H3. The van der Waals surface area contributed by atoms with Crippen molar-refractivity contribution >= 4 is 19.4 Å². The van der Waals surface area contributed by atoms with E-state index in [2.05, 4.69) is 58.9 Å². The highest BCUT2D eigenvalue weighted by atomic mass is 28.4. The highest BCUT2D eigenvalue weighted by molar-refractivity contribution is 6.74. The zero-order chi connectivity index (χ0) is 37.4. The molecule has 0 unspecified atom stereocenters. The number of hydrogen-bond donors (Lipinski definition) is 0. The van der Waals surface area contributed by atoms with Crippen molar-refractivity contribution in [2.45, 2.75) is 103 Å². The van der Waals surface area contributed by atoms with Gasteiger partial charge in [0.1, 0.15) is 23.5 Å². The summed E-state index contributed by atoms with van der Waals surface area (Å²) in [6.45, 7) is 16.0. The Labute approximate surface area is 303 Å². The van der Waals surface area contributed by atoms with Gasteiger partial charge in [0.25, 0.3) is 0 Å². The largest absolute Gasteiger partial charge is 0.493 e. The van der Waals surface area contributed by atoms with Crippen LogP contribution in [-0.2, 0) is 17.1 Å². The number of unbranched alkanes of at least 4 members (excludes halogenated alkanes) is 1. The van der Waals surface area contributed by atoms with Crippen molar-refractivity contribution in [1.29, 1.82) is 0 Å². The zero-order valence-corrected chi connectivity index (χ0v) is 32.1. The monoisotopic (exact) mass is 736 g/mol. The molecule has 1 saturated carbocycles. The van der Waals surface area contributed by atoms with Gasteiger partial charge in [-0.2, -0.15) is 18.3 Å². The number of hydrogen-bond acceptors (Lipinski definition) is 9. The van der Waals surface area contributed by atoms with Crippen molar-refractivity contribution in [2.24, 2.45) is 0 Å². The van der Waals surface area contributed by atoms with Crippen molar-refractivity contribution in [1.82, 2.24) is 39.3 Å². The van der Waals surface area contributed by atoms with Crippen LogP contribution in [0.25, 0.3) is 33.8 Å². The van der Waals surface area contributed by atoms with Gasteiger partial charge in [0, 0.05) is 31.0 Å². The van der Waals surface area contributed by atoms with Crippen molar-refractivity contribution in [3.05, 3.63) is 60.1 Å². The molecule has 0 aliphatic heterocycles. The van der Waals surface area contributed by atoms with E-state index in [4.69, 9.17) is 18.9 Å². The molecule has 0 N–H and O–H groups in total. The Morgan fingerprint density at radius 3 is 2.40 bits per heavy atom. The van der Waals surface area contributed by atoms with Gasteiger partial charge in [0.15, 0.2) is 25.5 Å². The normalized spacial score (nSPS) is 14.1. The van der Waals surface area contributed by atoms with E-state index in [1.807, 2.05) is 26.0 Å². The van der Waals surface area contributed by atoms with Gasteiger partial charge in [0.05, 0.1) is 43.1 Å². The Morgan fingerprint density at radius 2 is 1.73 bits per heavy atom. The molecule has 0 amide bonds. The zero-order valence-electron chi connectivity index (χ0n) is 31.1. The van der Waals surface area contributed by atoms with Crippen molar-refractivity contribution in [2.75, 3.05) is 20.3 Å². The molecular weight excluding hydrogens is 690 g/mol. The summed E-state index contributed by atoms with van der Waals surface area (Å²) in [5.74, 6) is 1.82. The van der Waals surface area contributed by atoms with Crippen LogP contribution in [0.2, 0.25) is 18.1 Å². The number of nitrogens with zero attached hydrogens (tertiary/aromatic N) is 8. The van der Waals surface area contributed by atoms with Crippen LogP contribution in [-0.4, -0.2) is 67.9 Å². The molecule has 0 saturated heterocycles. The van der Waals surface area contributed by atoms with Gasteiger partial charge in [0.2, 0.25) is 5.88 Å². The molecule has 0 spiro atoms. The second-order valence-electron chi connectivity index (χ2n) is 15.1. The number of imidazole rings is 1. The van der Waals surface area contributed by atoms with E-state index < -0.39 is 20.2 Å². The Balaban J connectivity index is 1.30. The van der Waals surface area contributed by atoms with Crippen LogP contribution in [0.5, 0.6) is 11.6 Å². The minimum atomic E-state index is -4.59. The predicted octanol–water partition coefficient (Wildman–Crippen LogP) is 8.86. The maximum atomic E-state index is 13.8. The lowest BCUT2D eigenvalue weighted by molar-refractivity contribution is -0.140. The maximum absolute atomic E-state index is 13.8. The molecule has 0 bridgehead atoms. The Kier molecular flexibility index (Phi) is 10.5. The lowest BCUT2D eigenvalue weighted by Gasteiger charge is -2.36. The van der Waals surface area contributed by atoms with Crippen LogP contribution in [0.15, 0.2) is 43.1 Å². The van der Waals surface area contributed by atoms with Gasteiger partial charge < -0.3 is 18.5 Å². The SMILES string of the molecule is COc1ncnc(C2CC2)c1-c1ncc2cnn(Cc3ccc(-c4nc(C(F)(F)F)cn4C(C)C)c(OCCCCO[Si](C)(C)C(C)(C)C)c3)c2n1. The molecule has 1 fully saturated rings. The Hall–Kier alpha value is -4.37. The van der Waals surface area contributed by atoms with Gasteiger partial charge >= 0.3 is 6.18 Å². The third-order valence-electron chi connectivity index (χ3n) is 9.86. The smallest absolute Gasteiger partial charge is 0.434 e. The van der Waals surface area contributed by atoms with E-state index in [1.54, 1.807) is 30.3 Å². The summed E-state index contributed by atoms with van der Waals surface area (Å²) in [4.78, 5) is 22.4. The van der Waals surface area contributed by atoms with Crippen molar-refractivity contribution in [3.63, 3.8) is 0 Å². The molecule has 6 rings (SSSR count). The van der Waals surface area contributed by atoms with Crippen LogP contribution in [0.4, 0.5) is 13.2 Å². The van der Waals surface area contributed by atoms with Gasteiger partial charge in [-0.25, -0.2) is 29.6 Å². The number of alkyl halides is 3. The molecule has 278 valence electrons. The summed E-state index contributed by atoms with van der Waals surface area (Å²) in [6, 6.07) is 5.21. The van der Waals surface area contributed by atoms with E-state index in [-0.39, 0.29) is 16.9 Å². The van der Waals surface area contributed by atoms with E-state index in [0.717, 1.165) is 42.1 Å². The fourth-order valence-electron chi connectivity index (χ4n) is 5.71. The van der Waals surface area contributed by atoms with Crippen LogP contribution in [0, 0.1) is 0 Å². The first-order valence-electron chi connectivity index (χ1n) is 17.7. The second-order valence-corrected chi connectivity index (χ2v) is 19.9. The topological polar surface area (TPSA) is 115 Å². The van der Waals surface area contributed by atoms with E-state index in [9.17, 15) is 13.2 Å². The van der Waals surface area contributed by atoms with Crippen molar-refractivity contribution in [3.8, 4) is 34.4 Å². The summed E-state index contributed by atoms with van der Waals surface area (Å²) < 4.78 is 63.1. The third-order valence-corrected chi connectivity index (χ3v) is 14.4. The first-order valence-corrected chi connectivity index (χ1v) is 20.6. The van der Waals surface area contributed by atoms with E-state index in [1.165, 1.54) is 10.9 Å². The summed E-state index contributed by atoms with van der Waals surface area (Å²) in [5.41, 5.74) is 2.51. The molecule has 15 heteroatoms. The number of methoxy groups -OCH3 is 1. The van der Waals surface area contributed by atoms with Gasteiger partial charge in [-0.15, -0.1) is 0 Å². The summed E-state index contributed by atoms with van der Waals surface area (Å²) in [5, 5.41) is 5.47. The van der Waals surface area contributed by atoms with Crippen LogP contribution < -0.4 is 9.47 Å². The summed E-state index contributed by atoms with van der Waals surface area (Å²) in [7, 11) is -0.313. The number of rotatable bonds is 14. The number of ether oxygens (including phenoxy) is 2. The van der Waals surface area contributed by atoms with Gasteiger partial charge in [-0.05, 0) is 75.4 Å². The highest BCUT2D eigenvalue weighted by Gasteiger charge is 2.37. The molecule has 1 aliphatic carbocycles. The minimum absolute atomic E-state index is 0.113. The summed E-state index contributed by atoms with van der Waals surface area (Å²) >= 11 is 0. The molecule has 4 heterocycles. The van der Waals surface area contributed by atoms with Crippen LogP contribution in [0.1, 0.15) is 89.2 Å². The number of aromatic nitrogens is 8. The molecule has 5 aromatic rings. The fraction of sp³-hybridized carbons (Fsp3) is 0.514.